The molecule has 0 aromatic carbocycles. The van der Waals surface area contributed by atoms with E-state index in [1.165, 1.54) is 103 Å². The van der Waals surface area contributed by atoms with Crippen LogP contribution in [0.25, 0.3) is 0 Å². The molecule has 0 spiro atoms. The van der Waals surface area contributed by atoms with Crippen LogP contribution in [0.2, 0.25) is 0 Å². The highest BCUT2D eigenvalue weighted by molar-refractivity contribution is 5.71. The summed E-state index contributed by atoms with van der Waals surface area (Å²) in [6.07, 6.45) is 84.7. The minimum Gasteiger partial charge on any atom is -0.462 e. The van der Waals surface area contributed by atoms with Gasteiger partial charge < -0.3 is 14.2 Å². The Hall–Kier alpha value is -4.45. The molecule has 1 atom stereocenters. The van der Waals surface area contributed by atoms with Crippen LogP contribution in [0.3, 0.4) is 0 Å². The molecule has 0 fully saturated rings. The number of rotatable bonds is 52. The van der Waals surface area contributed by atoms with Gasteiger partial charge in [-0.25, -0.2) is 0 Å². The summed E-state index contributed by atoms with van der Waals surface area (Å²) in [6, 6.07) is 0. The number of esters is 3. The number of unbranched alkanes of at least 4 members (excludes halogenated alkanes) is 19. The number of hydrogen-bond acceptors (Lipinski definition) is 6. The Morgan fingerprint density at radius 1 is 0.288 bits per heavy atom. The molecule has 6 heteroatoms. The predicted octanol–water partition coefficient (Wildman–Crippen LogP) is 20.2. The monoisotopic (exact) mass is 1010 g/mol. The zero-order chi connectivity index (χ0) is 52.9. The van der Waals surface area contributed by atoms with Crippen molar-refractivity contribution in [2.45, 2.75) is 258 Å². The van der Waals surface area contributed by atoms with Gasteiger partial charge in [-0.1, -0.05) is 270 Å². The average molecular weight is 1010 g/mol. The third-order valence-corrected chi connectivity index (χ3v) is 12.2. The Morgan fingerprint density at radius 2 is 0.562 bits per heavy atom. The molecule has 0 amide bonds. The number of carbonyl (C=O) groups excluding carboxylic acids is 3. The molecule has 0 aromatic heterocycles. The first-order valence-corrected chi connectivity index (χ1v) is 29.7. The molecule has 0 aliphatic rings. The molecule has 0 radical (unpaired) electrons. The van der Waals surface area contributed by atoms with Gasteiger partial charge >= 0.3 is 17.9 Å². The van der Waals surface area contributed by atoms with E-state index in [2.05, 4.69) is 142 Å². The Morgan fingerprint density at radius 3 is 0.904 bits per heavy atom. The summed E-state index contributed by atoms with van der Waals surface area (Å²) in [5, 5.41) is 0. The molecular formula is C67H108O6. The van der Waals surface area contributed by atoms with E-state index in [1.807, 2.05) is 12.2 Å². The van der Waals surface area contributed by atoms with E-state index in [0.717, 1.165) is 96.3 Å². The fraction of sp³-hybridized carbons (Fsp3) is 0.627. The van der Waals surface area contributed by atoms with Gasteiger partial charge in [0.25, 0.3) is 0 Å². The second kappa shape index (κ2) is 60.1. The van der Waals surface area contributed by atoms with E-state index in [1.54, 1.807) is 0 Å². The SMILES string of the molecule is CC/C=C\C/C=C\C/C=C\C/C=C\C/C=C\C/C=C\C/C=C\CCCC(=O)OCC(COC(=O)CC/C=C\C/C=C\C/C=C\C/C=C\CC)OC(=O)CCCCCCCCCCCCCCCCCCCCC. The zero-order valence-electron chi connectivity index (χ0n) is 47.1. The first-order valence-electron chi connectivity index (χ1n) is 29.7. The van der Waals surface area contributed by atoms with E-state index in [0.29, 0.717) is 19.3 Å². The third kappa shape index (κ3) is 58.3. The molecule has 6 nitrogen and oxygen atoms in total. The van der Waals surface area contributed by atoms with Gasteiger partial charge in [-0.05, 0) is 96.3 Å². The van der Waals surface area contributed by atoms with Crippen molar-refractivity contribution in [3.63, 3.8) is 0 Å². The van der Waals surface area contributed by atoms with Crippen LogP contribution in [0, 0.1) is 0 Å². The van der Waals surface area contributed by atoms with Crippen molar-refractivity contribution >= 4 is 17.9 Å². The van der Waals surface area contributed by atoms with Crippen LogP contribution >= 0.6 is 0 Å². The number of allylic oxidation sites excluding steroid dienone is 22. The van der Waals surface area contributed by atoms with Gasteiger partial charge in [-0.3, -0.25) is 14.4 Å². The van der Waals surface area contributed by atoms with Crippen LogP contribution in [0.15, 0.2) is 134 Å². The summed E-state index contributed by atoms with van der Waals surface area (Å²) in [6.45, 7) is 6.30. The van der Waals surface area contributed by atoms with E-state index < -0.39 is 6.10 Å². The minimum atomic E-state index is -0.834. The van der Waals surface area contributed by atoms with E-state index in [9.17, 15) is 14.4 Å². The fourth-order valence-electron chi connectivity index (χ4n) is 7.80. The predicted molar refractivity (Wildman–Crippen MR) is 316 cm³/mol. The summed E-state index contributed by atoms with van der Waals surface area (Å²) in [7, 11) is 0. The summed E-state index contributed by atoms with van der Waals surface area (Å²) < 4.78 is 16.8. The lowest BCUT2D eigenvalue weighted by atomic mass is 10.0. The molecular weight excluding hydrogens is 901 g/mol. The first kappa shape index (κ1) is 68.6. The Balaban J connectivity index is 4.51. The number of hydrogen-bond donors (Lipinski definition) is 0. The van der Waals surface area contributed by atoms with Crippen LogP contribution < -0.4 is 0 Å². The van der Waals surface area contributed by atoms with Crippen molar-refractivity contribution in [1.82, 2.24) is 0 Å². The van der Waals surface area contributed by atoms with Crippen molar-refractivity contribution < 1.29 is 28.6 Å². The second-order valence-corrected chi connectivity index (χ2v) is 19.1. The molecule has 0 bridgehead atoms. The molecule has 73 heavy (non-hydrogen) atoms. The molecule has 0 aromatic rings. The summed E-state index contributed by atoms with van der Waals surface area (Å²) >= 11 is 0. The molecule has 0 saturated carbocycles. The van der Waals surface area contributed by atoms with Gasteiger partial charge in [0, 0.05) is 19.3 Å². The molecule has 0 saturated heterocycles. The lowest BCUT2D eigenvalue weighted by Gasteiger charge is -2.18. The normalized spacial score (nSPS) is 13.1. The topological polar surface area (TPSA) is 78.9 Å². The molecule has 0 heterocycles. The highest BCUT2D eigenvalue weighted by Gasteiger charge is 2.19. The maximum atomic E-state index is 12.9. The standard InChI is InChI=1S/C67H108O6/c1-4-7-10-13-16-19-22-25-27-29-31-32-33-34-36-37-39-42-45-48-51-54-57-60-66(69)72-63-64(62-71-65(68)59-56-53-50-47-44-41-24-21-18-15-12-9-6-3)73-67(70)61-58-55-52-49-46-43-40-38-35-30-28-26-23-20-17-14-11-8-5-2/h7,9-10,12,16,18-19,21,25,27,31-32,34,36,39,41-42,44,48,50-51,53,64H,4-6,8,11,13-15,17,20,22-24,26,28-30,33,35,37-38,40,43,45-47,49,52,54-63H2,1-3H3/b10-7-,12-9-,19-16-,21-18-,27-25-,32-31-,36-34-,42-39-,44-41-,51-48-,53-50-. The van der Waals surface area contributed by atoms with Gasteiger partial charge in [0.15, 0.2) is 6.10 Å². The maximum Gasteiger partial charge on any atom is 0.306 e. The largest absolute Gasteiger partial charge is 0.462 e. The number of ether oxygens (including phenoxy) is 3. The van der Waals surface area contributed by atoms with Crippen molar-refractivity contribution in [2.75, 3.05) is 13.2 Å². The smallest absolute Gasteiger partial charge is 0.306 e. The first-order chi connectivity index (χ1) is 36.0. The summed E-state index contributed by atoms with van der Waals surface area (Å²) in [5.74, 6) is -1.07. The molecule has 0 aliphatic carbocycles. The summed E-state index contributed by atoms with van der Waals surface area (Å²) in [4.78, 5) is 38.1. The van der Waals surface area contributed by atoms with E-state index >= 15 is 0 Å². The van der Waals surface area contributed by atoms with E-state index in [4.69, 9.17) is 14.2 Å². The molecule has 412 valence electrons. The van der Waals surface area contributed by atoms with Crippen LogP contribution in [-0.4, -0.2) is 37.2 Å². The van der Waals surface area contributed by atoms with Gasteiger partial charge in [-0.2, -0.15) is 0 Å². The maximum absolute atomic E-state index is 12.9. The fourth-order valence-corrected chi connectivity index (χ4v) is 7.80. The molecule has 0 aliphatic heterocycles. The number of carbonyl (C=O) groups is 3. The molecule has 0 rings (SSSR count). The lowest BCUT2D eigenvalue weighted by molar-refractivity contribution is -0.166. The van der Waals surface area contributed by atoms with E-state index in [-0.39, 0.29) is 44.0 Å². The van der Waals surface area contributed by atoms with Crippen molar-refractivity contribution in [2.24, 2.45) is 0 Å². The van der Waals surface area contributed by atoms with Gasteiger partial charge in [0.2, 0.25) is 0 Å². The van der Waals surface area contributed by atoms with Gasteiger partial charge in [0.1, 0.15) is 13.2 Å². The highest BCUT2D eigenvalue weighted by atomic mass is 16.6. The van der Waals surface area contributed by atoms with Crippen LogP contribution in [0.1, 0.15) is 252 Å². The van der Waals surface area contributed by atoms with Crippen molar-refractivity contribution in [3.8, 4) is 0 Å². The Kier molecular flexibility index (Phi) is 56.4. The second-order valence-electron chi connectivity index (χ2n) is 19.1. The average Bonchev–Trinajstić information content (AvgIpc) is 3.39. The van der Waals surface area contributed by atoms with Crippen molar-refractivity contribution in [1.29, 1.82) is 0 Å². The van der Waals surface area contributed by atoms with Crippen LogP contribution in [-0.2, 0) is 28.6 Å². The third-order valence-electron chi connectivity index (χ3n) is 12.2. The van der Waals surface area contributed by atoms with Gasteiger partial charge in [-0.15, -0.1) is 0 Å². The highest BCUT2D eigenvalue weighted by Crippen LogP contribution is 2.16. The minimum absolute atomic E-state index is 0.133. The van der Waals surface area contributed by atoms with Crippen LogP contribution in [0.4, 0.5) is 0 Å². The Bertz CT molecular complexity index is 1580. The quantitative estimate of drug-likeness (QED) is 0.0261. The summed E-state index contributed by atoms with van der Waals surface area (Å²) in [5.41, 5.74) is 0. The van der Waals surface area contributed by atoms with Gasteiger partial charge in [0.05, 0.1) is 0 Å². The Labute approximate surface area is 449 Å². The van der Waals surface area contributed by atoms with Crippen molar-refractivity contribution in [3.05, 3.63) is 134 Å². The zero-order valence-corrected chi connectivity index (χ0v) is 47.1. The molecule has 1 unspecified atom stereocenters. The van der Waals surface area contributed by atoms with Crippen LogP contribution in [0.5, 0.6) is 0 Å². The molecule has 0 N–H and O–H groups in total. The lowest BCUT2D eigenvalue weighted by Crippen LogP contribution is -2.30.